The van der Waals surface area contributed by atoms with Crippen molar-refractivity contribution < 1.29 is 9.59 Å². The number of rotatable bonds is 5. The quantitative estimate of drug-likeness (QED) is 0.771. The van der Waals surface area contributed by atoms with Crippen molar-refractivity contribution in [2.75, 3.05) is 13.1 Å². The first-order valence-electron chi connectivity index (χ1n) is 7.98. The minimum atomic E-state index is -0.0678. The number of hydrogen-bond donors (Lipinski definition) is 3. The van der Waals surface area contributed by atoms with Crippen molar-refractivity contribution >= 4 is 11.8 Å². The number of benzene rings is 1. The molecule has 0 radical (unpaired) electrons. The molecule has 5 heteroatoms. The lowest BCUT2D eigenvalue weighted by atomic mass is 9.92. The van der Waals surface area contributed by atoms with Crippen molar-refractivity contribution in [1.82, 2.24) is 16.0 Å². The van der Waals surface area contributed by atoms with Gasteiger partial charge in [-0.25, -0.2) is 0 Å². The zero-order valence-electron chi connectivity index (χ0n) is 13.3. The first-order valence-corrected chi connectivity index (χ1v) is 7.98. The molecular weight excluding hydrogens is 278 g/mol. The van der Waals surface area contributed by atoms with E-state index in [1.165, 1.54) is 0 Å². The standard InChI is InChI=1S/C17H25N3O2/c1-3-18-16(21)14-6-4-13(5-7-14)11-20-17(22)15-8-9-19-12(2)10-15/h4-7,12,15,19H,3,8-11H2,1-2H3,(H,18,21)(H,20,22)/t12-,15-/m0/s1. The van der Waals surface area contributed by atoms with Gasteiger partial charge in [-0.3, -0.25) is 9.59 Å². The predicted molar refractivity (Wildman–Crippen MR) is 86.5 cm³/mol. The maximum Gasteiger partial charge on any atom is 0.251 e. The number of hydrogen-bond acceptors (Lipinski definition) is 3. The molecule has 0 saturated carbocycles. The zero-order valence-corrected chi connectivity index (χ0v) is 13.3. The molecule has 0 bridgehead atoms. The highest BCUT2D eigenvalue weighted by atomic mass is 16.2. The summed E-state index contributed by atoms with van der Waals surface area (Å²) in [5, 5.41) is 9.11. The summed E-state index contributed by atoms with van der Waals surface area (Å²) < 4.78 is 0. The van der Waals surface area contributed by atoms with Crippen molar-refractivity contribution in [2.24, 2.45) is 5.92 Å². The van der Waals surface area contributed by atoms with Crippen LogP contribution >= 0.6 is 0 Å². The van der Waals surface area contributed by atoms with E-state index in [4.69, 9.17) is 0 Å². The molecule has 1 aromatic rings. The largest absolute Gasteiger partial charge is 0.352 e. The fourth-order valence-corrected chi connectivity index (χ4v) is 2.74. The van der Waals surface area contributed by atoms with Crippen LogP contribution in [0.25, 0.3) is 0 Å². The molecule has 3 N–H and O–H groups in total. The van der Waals surface area contributed by atoms with Crippen LogP contribution in [0.1, 0.15) is 42.6 Å². The number of amides is 2. The molecule has 5 nitrogen and oxygen atoms in total. The first-order chi connectivity index (χ1) is 10.6. The van der Waals surface area contributed by atoms with Gasteiger partial charge in [-0.2, -0.15) is 0 Å². The van der Waals surface area contributed by atoms with E-state index < -0.39 is 0 Å². The molecule has 0 aliphatic carbocycles. The van der Waals surface area contributed by atoms with Gasteiger partial charge in [0.2, 0.25) is 5.91 Å². The summed E-state index contributed by atoms with van der Waals surface area (Å²) in [4.78, 5) is 23.8. The third kappa shape index (κ3) is 4.56. The predicted octanol–water partition coefficient (Wildman–Crippen LogP) is 1.44. The molecule has 1 saturated heterocycles. The summed E-state index contributed by atoms with van der Waals surface area (Å²) >= 11 is 0. The van der Waals surface area contributed by atoms with Gasteiger partial charge in [-0.15, -0.1) is 0 Å². The van der Waals surface area contributed by atoms with Gasteiger partial charge in [0.15, 0.2) is 0 Å². The van der Waals surface area contributed by atoms with Gasteiger partial charge in [0.05, 0.1) is 0 Å². The summed E-state index contributed by atoms with van der Waals surface area (Å²) in [6.45, 7) is 6.03. The van der Waals surface area contributed by atoms with E-state index in [0.717, 1.165) is 24.9 Å². The van der Waals surface area contributed by atoms with E-state index in [2.05, 4.69) is 22.9 Å². The number of carbonyl (C=O) groups excluding carboxylic acids is 2. The molecular formula is C17H25N3O2. The number of carbonyl (C=O) groups is 2. The fraction of sp³-hybridized carbons (Fsp3) is 0.529. The Labute approximate surface area is 131 Å². The first kappa shape index (κ1) is 16.5. The van der Waals surface area contributed by atoms with Gasteiger partial charge in [-0.1, -0.05) is 12.1 Å². The monoisotopic (exact) mass is 303 g/mol. The van der Waals surface area contributed by atoms with Crippen molar-refractivity contribution in [3.05, 3.63) is 35.4 Å². The fourth-order valence-electron chi connectivity index (χ4n) is 2.74. The smallest absolute Gasteiger partial charge is 0.251 e. The second-order valence-electron chi connectivity index (χ2n) is 5.85. The number of nitrogens with one attached hydrogen (secondary N) is 3. The molecule has 2 rings (SSSR count). The summed E-state index contributed by atoms with van der Waals surface area (Å²) in [7, 11) is 0. The Kier molecular flexibility index (Phi) is 5.95. The molecule has 1 aliphatic heterocycles. The van der Waals surface area contributed by atoms with Gasteiger partial charge >= 0.3 is 0 Å². The Morgan fingerprint density at radius 3 is 2.59 bits per heavy atom. The van der Waals surface area contributed by atoms with E-state index in [1.807, 2.05) is 19.1 Å². The van der Waals surface area contributed by atoms with Gasteiger partial charge in [-0.05, 0) is 50.9 Å². The van der Waals surface area contributed by atoms with E-state index in [0.29, 0.717) is 24.7 Å². The average Bonchev–Trinajstić information content (AvgIpc) is 2.53. The molecule has 0 unspecified atom stereocenters. The van der Waals surface area contributed by atoms with Crippen LogP contribution in [-0.4, -0.2) is 30.9 Å². The van der Waals surface area contributed by atoms with Crippen molar-refractivity contribution in [3.63, 3.8) is 0 Å². The zero-order chi connectivity index (χ0) is 15.9. The summed E-state index contributed by atoms with van der Waals surface area (Å²) in [6, 6.07) is 7.75. The molecule has 0 spiro atoms. The summed E-state index contributed by atoms with van der Waals surface area (Å²) in [5.74, 6) is 0.161. The van der Waals surface area contributed by atoms with Crippen LogP contribution in [0.2, 0.25) is 0 Å². The number of piperidine rings is 1. The van der Waals surface area contributed by atoms with E-state index in [-0.39, 0.29) is 17.7 Å². The van der Waals surface area contributed by atoms with Gasteiger partial charge in [0, 0.05) is 30.6 Å². The maximum absolute atomic E-state index is 12.2. The van der Waals surface area contributed by atoms with Crippen molar-refractivity contribution in [1.29, 1.82) is 0 Å². The molecule has 1 heterocycles. The maximum atomic E-state index is 12.2. The van der Waals surface area contributed by atoms with Crippen LogP contribution in [0.4, 0.5) is 0 Å². The highest BCUT2D eigenvalue weighted by Gasteiger charge is 2.24. The SMILES string of the molecule is CCNC(=O)c1ccc(CNC(=O)[C@H]2CCN[C@@H](C)C2)cc1. The van der Waals surface area contributed by atoms with E-state index in [9.17, 15) is 9.59 Å². The lowest BCUT2D eigenvalue weighted by Gasteiger charge is -2.27. The van der Waals surface area contributed by atoms with Crippen LogP contribution in [0.15, 0.2) is 24.3 Å². The van der Waals surface area contributed by atoms with Crippen LogP contribution < -0.4 is 16.0 Å². The molecule has 1 aliphatic rings. The summed E-state index contributed by atoms with van der Waals surface area (Å²) in [6.07, 6.45) is 1.79. The van der Waals surface area contributed by atoms with Crippen molar-refractivity contribution in [3.8, 4) is 0 Å². The highest BCUT2D eigenvalue weighted by molar-refractivity contribution is 5.94. The van der Waals surface area contributed by atoms with Crippen LogP contribution in [-0.2, 0) is 11.3 Å². The topological polar surface area (TPSA) is 70.2 Å². The van der Waals surface area contributed by atoms with Crippen molar-refractivity contribution in [2.45, 2.75) is 39.3 Å². The average molecular weight is 303 g/mol. The van der Waals surface area contributed by atoms with Crippen LogP contribution in [0, 0.1) is 5.92 Å². The van der Waals surface area contributed by atoms with Gasteiger partial charge in [0.1, 0.15) is 0 Å². The molecule has 0 aromatic heterocycles. The van der Waals surface area contributed by atoms with E-state index in [1.54, 1.807) is 12.1 Å². The molecule has 1 fully saturated rings. The lowest BCUT2D eigenvalue weighted by Crippen LogP contribution is -2.42. The minimum absolute atomic E-state index is 0.0678. The van der Waals surface area contributed by atoms with Gasteiger partial charge < -0.3 is 16.0 Å². The summed E-state index contributed by atoms with van der Waals surface area (Å²) in [5.41, 5.74) is 1.65. The highest BCUT2D eigenvalue weighted by Crippen LogP contribution is 2.16. The lowest BCUT2D eigenvalue weighted by molar-refractivity contribution is -0.126. The Morgan fingerprint density at radius 1 is 1.23 bits per heavy atom. The normalized spacial score (nSPS) is 21.2. The Balaban J connectivity index is 1.83. The Hall–Kier alpha value is -1.88. The third-order valence-corrected chi connectivity index (χ3v) is 4.01. The molecule has 120 valence electrons. The molecule has 1 aromatic carbocycles. The van der Waals surface area contributed by atoms with Crippen LogP contribution in [0.5, 0.6) is 0 Å². The Morgan fingerprint density at radius 2 is 1.95 bits per heavy atom. The second kappa shape index (κ2) is 7.94. The van der Waals surface area contributed by atoms with Gasteiger partial charge in [0.25, 0.3) is 5.91 Å². The Bertz CT molecular complexity index is 513. The molecule has 22 heavy (non-hydrogen) atoms. The second-order valence-corrected chi connectivity index (χ2v) is 5.85. The third-order valence-electron chi connectivity index (χ3n) is 4.01. The molecule has 2 atom stereocenters. The van der Waals surface area contributed by atoms with E-state index >= 15 is 0 Å². The molecule has 2 amide bonds. The minimum Gasteiger partial charge on any atom is -0.352 e. The van der Waals surface area contributed by atoms with Crippen LogP contribution in [0.3, 0.4) is 0 Å².